The Morgan fingerprint density at radius 2 is 1.55 bits per heavy atom. The normalized spacial score (nSPS) is 11.6. The summed E-state index contributed by atoms with van der Waals surface area (Å²) in [4.78, 5) is 38.3. The lowest BCUT2D eigenvalue weighted by Crippen LogP contribution is -2.22. The van der Waals surface area contributed by atoms with Crippen molar-refractivity contribution >= 4 is 98.9 Å². The van der Waals surface area contributed by atoms with E-state index in [1.165, 1.54) is 18.9 Å². The quantitative estimate of drug-likeness (QED) is 0.130. The Morgan fingerprint density at radius 3 is 2.16 bits per heavy atom. The molecule has 0 radical (unpaired) electrons. The van der Waals surface area contributed by atoms with Crippen LogP contribution < -0.4 is 15.4 Å². The van der Waals surface area contributed by atoms with Crippen LogP contribution in [0.15, 0.2) is 41.3 Å². The van der Waals surface area contributed by atoms with Gasteiger partial charge in [0.15, 0.2) is 0 Å². The zero-order valence-electron chi connectivity index (χ0n) is 19.9. The number of ether oxygens (including phenoxy) is 1. The molecule has 13 heteroatoms. The number of carboxylic acid groups (broad SMARTS) is 1. The molecule has 38 heavy (non-hydrogen) atoms. The summed E-state index contributed by atoms with van der Waals surface area (Å²) in [6.07, 6.45) is 0. The lowest BCUT2D eigenvalue weighted by atomic mass is 10.1. The molecule has 3 aromatic rings. The van der Waals surface area contributed by atoms with Gasteiger partial charge in [0, 0.05) is 21.7 Å². The fraction of sp³-hybridized carbons (Fsp3) is 0.160. The summed E-state index contributed by atoms with van der Waals surface area (Å²) in [6.45, 7) is 3.53. The lowest BCUT2D eigenvalue weighted by Gasteiger charge is -2.16. The van der Waals surface area contributed by atoms with Crippen LogP contribution in [0.1, 0.15) is 33.2 Å². The fourth-order valence-corrected chi connectivity index (χ4v) is 5.41. The molecule has 3 N–H and O–H groups in total. The molecule has 7 nitrogen and oxygen atoms in total. The molecule has 0 fully saturated rings. The van der Waals surface area contributed by atoms with Gasteiger partial charge in [-0.2, -0.15) is 0 Å². The molecule has 200 valence electrons. The van der Waals surface area contributed by atoms with Crippen LogP contribution in [-0.2, 0) is 4.79 Å². The van der Waals surface area contributed by atoms with Crippen LogP contribution in [0.5, 0.6) is 5.75 Å². The summed E-state index contributed by atoms with van der Waals surface area (Å²) in [5, 5.41) is 13.7. The number of hydrogen-bond donors (Lipinski definition) is 3. The summed E-state index contributed by atoms with van der Waals surface area (Å²) >= 11 is 31.6. The lowest BCUT2D eigenvalue weighted by molar-refractivity contribution is -0.115. The van der Waals surface area contributed by atoms with Crippen molar-refractivity contribution in [1.29, 1.82) is 0 Å². The van der Waals surface area contributed by atoms with Gasteiger partial charge in [-0.25, -0.2) is 4.79 Å². The van der Waals surface area contributed by atoms with Crippen molar-refractivity contribution < 1.29 is 24.2 Å². The van der Waals surface area contributed by atoms with Gasteiger partial charge in [-0.15, -0.1) is 11.8 Å². The first-order chi connectivity index (χ1) is 17.8. The van der Waals surface area contributed by atoms with Crippen LogP contribution in [0.4, 0.5) is 11.4 Å². The number of carbonyl (C=O) groups is 3. The van der Waals surface area contributed by atoms with E-state index in [-0.39, 0.29) is 21.0 Å². The molecule has 3 aromatic carbocycles. The van der Waals surface area contributed by atoms with Crippen molar-refractivity contribution in [2.45, 2.75) is 24.0 Å². The monoisotopic (exact) mass is 634 g/mol. The first kappa shape index (κ1) is 30.2. The van der Waals surface area contributed by atoms with Crippen molar-refractivity contribution in [3.8, 4) is 5.75 Å². The highest BCUT2D eigenvalue weighted by molar-refractivity contribution is 8.00. The second-order valence-corrected chi connectivity index (χ2v) is 11.2. The van der Waals surface area contributed by atoms with E-state index >= 15 is 0 Å². The second kappa shape index (κ2) is 12.7. The van der Waals surface area contributed by atoms with E-state index in [4.69, 9.17) is 62.7 Å². The molecule has 0 heterocycles. The number of amides is 2. The molecule has 0 spiro atoms. The minimum atomic E-state index is -1.50. The Bertz CT molecular complexity index is 1450. The average molecular weight is 637 g/mol. The number of benzene rings is 3. The molecule has 0 bridgehead atoms. The number of anilines is 2. The predicted octanol–water partition coefficient (Wildman–Crippen LogP) is 8.34. The molecule has 1 atom stereocenters. The molecule has 0 aliphatic heterocycles. The van der Waals surface area contributed by atoms with Gasteiger partial charge in [0.25, 0.3) is 5.91 Å². The topological polar surface area (TPSA) is 105 Å². The zero-order valence-corrected chi connectivity index (χ0v) is 24.5. The Labute approximate surface area is 247 Å². The molecule has 0 aliphatic carbocycles. The van der Waals surface area contributed by atoms with E-state index in [0.717, 1.165) is 5.56 Å². The molecule has 3 rings (SSSR count). The number of hydrogen-bond acceptors (Lipinski definition) is 5. The van der Waals surface area contributed by atoms with E-state index in [1.54, 1.807) is 43.3 Å². The van der Waals surface area contributed by atoms with Crippen molar-refractivity contribution in [1.82, 2.24) is 0 Å². The molecule has 1 unspecified atom stereocenters. The van der Waals surface area contributed by atoms with Crippen LogP contribution in [0.3, 0.4) is 0 Å². The maximum atomic E-state index is 13.0. The highest BCUT2D eigenvalue weighted by Gasteiger charge is 2.29. The third-order valence-electron chi connectivity index (χ3n) is 5.22. The van der Waals surface area contributed by atoms with E-state index < -0.39 is 33.3 Å². The number of nitrogens with one attached hydrogen (secondary N) is 2. The van der Waals surface area contributed by atoms with Crippen LogP contribution in [0.25, 0.3) is 0 Å². The van der Waals surface area contributed by atoms with Gasteiger partial charge in [-0.3, -0.25) is 9.59 Å². The number of carbonyl (C=O) groups excluding carboxylic acids is 2. The standard InChI is InChI=1S/C25H19Cl5N2O5S/c1-10-7-15(16(37-3)9-14(10)26)32-23(33)11(2)38-13-6-4-5-12(8-13)31-24(34)17-18(25(35)36)20(28)22(30)21(29)19(17)27/h4-9,11H,1-3H3,(H,31,34)(H,32,33)(H,35,36). The fourth-order valence-electron chi connectivity index (χ4n) is 3.31. The minimum Gasteiger partial charge on any atom is -0.495 e. The van der Waals surface area contributed by atoms with Crippen molar-refractivity contribution in [2.75, 3.05) is 17.7 Å². The first-order valence-corrected chi connectivity index (χ1v) is 13.4. The van der Waals surface area contributed by atoms with Crippen molar-refractivity contribution in [3.63, 3.8) is 0 Å². The highest BCUT2D eigenvalue weighted by atomic mass is 35.5. The maximum absolute atomic E-state index is 13.0. The summed E-state index contributed by atoms with van der Waals surface area (Å²) in [5.41, 5.74) is 0.571. The Morgan fingerprint density at radius 1 is 0.921 bits per heavy atom. The number of halogens is 5. The minimum absolute atomic E-state index is 0.245. The SMILES string of the molecule is COc1cc(Cl)c(C)cc1NC(=O)C(C)Sc1cccc(NC(=O)c2c(Cl)c(Cl)c(Cl)c(Cl)c2C(=O)O)c1. The Balaban J connectivity index is 1.79. The van der Waals surface area contributed by atoms with Gasteiger partial charge >= 0.3 is 5.97 Å². The van der Waals surface area contributed by atoms with Crippen LogP contribution in [0.2, 0.25) is 25.1 Å². The van der Waals surface area contributed by atoms with E-state index in [0.29, 0.717) is 27.0 Å². The number of aromatic carboxylic acids is 1. The number of methoxy groups -OCH3 is 1. The van der Waals surface area contributed by atoms with Gasteiger partial charge in [0.05, 0.1) is 49.3 Å². The molecular weight excluding hydrogens is 618 g/mol. The van der Waals surface area contributed by atoms with Crippen molar-refractivity contribution in [2.24, 2.45) is 0 Å². The molecule has 2 amide bonds. The van der Waals surface area contributed by atoms with Gasteiger partial charge < -0.3 is 20.5 Å². The summed E-state index contributed by atoms with van der Waals surface area (Å²) in [6, 6.07) is 9.96. The number of thioether (sulfide) groups is 1. The number of carboxylic acids is 1. The number of aryl methyl sites for hydroxylation is 1. The Hall–Kier alpha value is -2.33. The van der Waals surface area contributed by atoms with Gasteiger partial charge in [0.2, 0.25) is 5.91 Å². The summed E-state index contributed by atoms with van der Waals surface area (Å²) < 4.78 is 5.31. The third-order valence-corrected chi connectivity index (χ3v) is 8.52. The molecule has 0 aliphatic rings. The van der Waals surface area contributed by atoms with Gasteiger partial charge in [-0.05, 0) is 43.7 Å². The van der Waals surface area contributed by atoms with Crippen LogP contribution in [0, 0.1) is 6.92 Å². The molecule has 0 saturated carbocycles. The highest BCUT2D eigenvalue weighted by Crippen LogP contribution is 2.42. The van der Waals surface area contributed by atoms with Gasteiger partial charge in [-0.1, -0.05) is 64.1 Å². The smallest absolute Gasteiger partial charge is 0.338 e. The third kappa shape index (κ3) is 6.62. The summed E-state index contributed by atoms with van der Waals surface area (Å²) in [7, 11) is 1.48. The van der Waals surface area contributed by atoms with E-state index in [1.807, 2.05) is 6.92 Å². The second-order valence-electron chi connectivity index (χ2n) is 7.84. The Kier molecular flexibility index (Phi) is 10.1. The van der Waals surface area contributed by atoms with Crippen molar-refractivity contribution in [3.05, 3.63) is 78.2 Å². The zero-order chi connectivity index (χ0) is 28.3. The number of rotatable bonds is 8. The summed E-state index contributed by atoms with van der Waals surface area (Å²) in [5.74, 6) is -2.21. The van der Waals surface area contributed by atoms with E-state index in [9.17, 15) is 19.5 Å². The first-order valence-electron chi connectivity index (χ1n) is 10.7. The molecular formula is C25H19Cl5N2O5S. The molecule has 0 aromatic heterocycles. The molecule has 0 saturated heterocycles. The maximum Gasteiger partial charge on any atom is 0.338 e. The van der Waals surface area contributed by atoms with E-state index in [2.05, 4.69) is 10.6 Å². The largest absolute Gasteiger partial charge is 0.495 e. The average Bonchev–Trinajstić information content (AvgIpc) is 2.86. The predicted molar refractivity (Wildman–Crippen MR) is 155 cm³/mol. The van der Waals surface area contributed by atoms with Crippen LogP contribution in [-0.4, -0.2) is 35.2 Å². The van der Waals surface area contributed by atoms with Gasteiger partial charge in [0.1, 0.15) is 5.75 Å². The van der Waals surface area contributed by atoms with Crippen LogP contribution >= 0.6 is 69.8 Å².